The molecule has 2 heterocycles. The second-order valence-electron chi connectivity index (χ2n) is 6.20. The summed E-state index contributed by atoms with van der Waals surface area (Å²) in [6.07, 6.45) is 0. The maximum absolute atomic E-state index is 13.0. The summed E-state index contributed by atoms with van der Waals surface area (Å²) in [5.41, 5.74) is 1.98. The van der Waals surface area contributed by atoms with E-state index in [9.17, 15) is 4.79 Å². The van der Waals surface area contributed by atoms with Gasteiger partial charge in [-0.1, -0.05) is 23.7 Å². The Morgan fingerprint density at radius 3 is 2.75 bits per heavy atom. The number of hydrogen-bond acceptors (Lipinski definition) is 3. The molecule has 126 valence electrons. The Hall–Kier alpha value is -1.85. The highest BCUT2D eigenvalue weighted by molar-refractivity contribution is 7.20. The minimum atomic E-state index is 0.0468. The molecule has 0 unspecified atom stereocenters. The van der Waals surface area contributed by atoms with Crippen LogP contribution in [0.2, 0.25) is 5.02 Å². The van der Waals surface area contributed by atoms with Crippen LogP contribution in [0.5, 0.6) is 0 Å². The molecule has 0 aliphatic heterocycles. The first kappa shape index (κ1) is 17.0. The Morgan fingerprint density at radius 1 is 1.38 bits per heavy atom. The average molecular weight is 362 g/mol. The van der Waals surface area contributed by atoms with Crippen LogP contribution in [0.1, 0.15) is 34.8 Å². The summed E-state index contributed by atoms with van der Waals surface area (Å²) in [5.74, 6) is 0.0468. The molecule has 1 amide bonds. The molecule has 0 spiro atoms. The van der Waals surface area contributed by atoms with Crippen molar-refractivity contribution in [3.8, 4) is 0 Å². The van der Waals surface area contributed by atoms with Gasteiger partial charge in [-0.15, -0.1) is 11.3 Å². The van der Waals surface area contributed by atoms with Crippen LogP contribution >= 0.6 is 22.9 Å². The van der Waals surface area contributed by atoms with Crippen LogP contribution in [0.15, 0.2) is 30.3 Å². The van der Waals surface area contributed by atoms with Crippen molar-refractivity contribution < 1.29 is 4.79 Å². The van der Waals surface area contributed by atoms with Crippen molar-refractivity contribution in [2.45, 2.75) is 33.4 Å². The number of carbonyl (C=O) groups is 1. The lowest BCUT2D eigenvalue weighted by Crippen LogP contribution is -2.36. The third kappa shape index (κ3) is 3.19. The molecule has 0 radical (unpaired) electrons. The minimum absolute atomic E-state index is 0.0468. The summed E-state index contributed by atoms with van der Waals surface area (Å²) >= 11 is 7.56. The van der Waals surface area contributed by atoms with Crippen molar-refractivity contribution in [1.82, 2.24) is 14.7 Å². The van der Waals surface area contributed by atoms with Crippen molar-refractivity contribution in [1.29, 1.82) is 0 Å². The zero-order chi connectivity index (χ0) is 17.4. The van der Waals surface area contributed by atoms with E-state index in [-0.39, 0.29) is 11.9 Å². The molecule has 6 heteroatoms. The van der Waals surface area contributed by atoms with E-state index in [0.717, 1.165) is 26.4 Å². The lowest BCUT2D eigenvalue weighted by atomic mass is 10.1. The van der Waals surface area contributed by atoms with Crippen LogP contribution in [0.3, 0.4) is 0 Å². The smallest absolute Gasteiger partial charge is 0.264 e. The van der Waals surface area contributed by atoms with Gasteiger partial charge < -0.3 is 4.90 Å². The van der Waals surface area contributed by atoms with Crippen LogP contribution in [0.25, 0.3) is 10.2 Å². The number of benzene rings is 1. The van der Waals surface area contributed by atoms with Crippen LogP contribution in [0.4, 0.5) is 0 Å². The number of halogens is 1. The van der Waals surface area contributed by atoms with Gasteiger partial charge in [0.2, 0.25) is 0 Å². The molecular formula is C18H20ClN3OS. The van der Waals surface area contributed by atoms with E-state index in [1.807, 2.05) is 67.7 Å². The van der Waals surface area contributed by atoms with E-state index in [0.29, 0.717) is 11.6 Å². The zero-order valence-electron chi connectivity index (χ0n) is 14.2. The maximum atomic E-state index is 13.0. The van der Waals surface area contributed by atoms with E-state index in [1.165, 1.54) is 11.3 Å². The standard InChI is InChI=1S/C18H20ClN3OS/c1-11(2)22(10-13-6-5-7-14(19)8-13)17(23)16-9-15-12(3)20-21(4)18(15)24-16/h5-9,11H,10H2,1-4H3. The Kier molecular flexibility index (Phi) is 4.65. The van der Waals surface area contributed by atoms with E-state index in [4.69, 9.17) is 11.6 Å². The molecule has 2 aromatic heterocycles. The van der Waals surface area contributed by atoms with Crippen LogP contribution < -0.4 is 0 Å². The Labute approximate surface area is 150 Å². The highest BCUT2D eigenvalue weighted by atomic mass is 35.5. The Balaban J connectivity index is 1.92. The van der Waals surface area contributed by atoms with Gasteiger partial charge in [-0.25, -0.2) is 0 Å². The third-order valence-corrected chi connectivity index (χ3v) is 5.46. The average Bonchev–Trinajstić information content (AvgIpc) is 3.06. The highest BCUT2D eigenvalue weighted by Gasteiger charge is 2.22. The predicted octanol–water partition coefficient (Wildman–Crippen LogP) is 4.65. The summed E-state index contributed by atoms with van der Waals surface area (Å²) < 4.78 is 1.84. The van der Waals surface area contributed by atoms with Gasteiger partial charge in [0.25, 0.3) is 5.91 Å². The number of fused-ring (bicyclic) bond motifs is 1. The predicted molar refractivity (Wildman–Crippen MR) is 99.8 cm³/mol. The summed E-state index contributed by atoms with van der Waals surface area (Å²) in [7, 11) is 1.91. The molecule has 0 N–H and O–H groups in total. The number of aromatic nitrogens is 2. The second-order valence-corrected chi connectivity index (χ2v) is 7.66. The molecule has 0 saturated heterocycles. The first-order chi connectivity index (χ1) is 11.4. The molecule has 0 aliphatic carbocycles. The molecule has 0 fully saturated rings. The number of rotatable bonds is 4. The first-order valence-electron chi connectivity index (χ1n) is 7.85. The number of carbonyl (C=O) groups excluding carboxylic acids is 1. The SMILES string of the molecule is Cc1nn(C)c2sc(C(=O)N(Cc3cccc(Cl)c3)C(C)C)cc12. The minimum Gasteiger partial charge on any atom is -0.331 e. The van der Waals surface area contributed by atoms with Gasteiger partial charge in [-0.3, -0.25) is 9.48 Å². The topological polar surface area (TPSA) is 38.1 Å². The lowest BCUT2D eigenvalue weighted by Gasteiger charge is -2.26. The van der Waals surface area contributed by atoms with E-state index in [1.54, 1.807) is 0 Å². The lowest BCUT2D eigenvalue weighted by molar-refractivity contribution is 0.0695. The molecule has 4 nitrogen and oxygen atoms in total. The van der Waals surface area contributed by atoms with E-state index < -0.39 is 0 Å². The fourth-order valence-electron chi connectivity index (χ4n) is 2.77. The van der Waals surface area contributed by atoms with Crippen molar-refractivity contribution in [3.05, 3.63) is 51.5 Å². The largest absolute Gasteiger partial charge is 0.331 e. The van der Waals surface area contributed by atoms with Crippen LogP contribution in [-0.2, 0) is 13.6 Å². The van der Waals surface area contributed by atoms with Crippen LogP contribution in [0, 0.1) is 6.92 Å². The van der Waals surface area contributed by atoms with Gasteiger partial charge >= 0.3 is 0 Å². The van der Waals surface area contributed by atoms with Crippen molar-refractivity contribution >= 4 is 39.1 Å². The number of amides is 1. The van der Waals surface area contributed by atoms with Gasteiger partial charge in [0, 0.05) is 30.0 Å². The van der Waals surface area contributed by atoms with E-state index in [2.05, 4.69) is 5.10 Å². The fraction of sp³-hybridized carbons (Fsp3) is 0.333. The van der Waals surface area contributed by atoms with Gasteiger partial charge in [0.15, 0.2) is 0 Å². The number of aryl methyl sites for hydroxylation is 2. The van der Waals surface area contributed by atoms with Crippen molar-refractivity contribution in [2.24, 2.45) is 7.05 Å². The summed E-state index contributed by atoms with van der Waals surface area (Å²) in [6.45, 7) is 6.57. The third-order valence-electron chi connectivity index (χ3n) is 4.03. The van der Waals surface area contributed by atoms with E-state index >= 15 is 0 Å². The first-order valence-corrected chi connectivity index (χ1v) is 9.05. The normalized spacial score (nSPS) is 11.4. The highest BCUT2D eigenvalue weighted by Crippen LogP contribution is 2.29. The van der Waals surface area contributed by atoms with Gasteiger partial charge in [-0.05, 0) is 44.5 Å². The van der Waals surface area contributed by atoms with Crippen molar-refractivity contribution in [3.63, 3.8) is 0 Å². The fourth-order valence-corrected chi connectivity index (χ4v) is 4.07. The number of hydrogen-bond donors (Lipinski definition) is 0. The molecule has 0 atom stereocenters. The van der Waals surface area contributed by atoms with Gasteiger partial charge in [-0.2, -0.15) is 5.10 Å². The molecule has 0 bridgehead atoms. The monoisotopic (exact) mass is 361 g/mol. The van der Waals surface area contributed by atoms with Gasteiger partial charge in [0.05, 0.1) is 10.6 Å². The van der Waals surface area contributed by atoms with Crippen molar-refractivity contribution in [2.75, 3.05) is 0 Å². The molecule has 24 heavy (non-hydrogen) atoms. The number of thiophene rings is 1. The molecule has 0 aliphatic rings. The summed E-state index contributed by atoms with van der Waals surface area (Å²) in [6, 6.07) is 9.71. The van der Waals surface area contributed by atoms with Gasteiger partial charge in [0.1, 0.15) is 4.83 Å². The Morgan fingerprint density at radius 2 is 2.12 bits per heavy atom. The Bertz CT molecular complexity index is 862. The number of nitrogens with zero attached hydrogens (tertiary/aromatic N) is 3. The molecule has 0 saturated carbocycles. The molecule has 1 aromatic carbocycles. The maximum Gasteiger partial charge on any atom is 0.264 e. The quantitative estimate of drug-likeness (QED) is 0.678. The second kappa shape index (κ2) is 6.57. The summed E-state index contributed by atoms with van der Waals surface area (Å²) in [5, 5.41) is 6.14. The summed E-state index contributed by atoms with van der Waals surface area (Å²) in [4.78, 5) is 16.7. The molecular weight excluding hydrogens is 342 g/mol. The zero-order valence-corrected chi connectivity index (χ0v) is 15.8. The molecule has 3 rings (SSSR count). The molecule has 3 aromatic rings. The van der Waals surface area contributed by atoms with Crippen LogP contribution in [-0.4, -0.2) is 26.6 Å².